The third-order valence-electron chi connectivity index (χ3n) is 4.99. The zero-order valence-corrected chi connectivity index (χ0v) is 13.7. The predicted octanol–water partition coefficient (Wildman–Crippen LogP) is 3.63. The number of piperidine rings is 1. The van der Waals surface area contributed by atoms with Crippen molar-refractivity contribution < 1.29 is 4.74 Å². The van der Waals surface area contributed by atoms with E-state index in [0.29, 0.717) is 6.04 Å². The van der Waals surface area contributed by atoms with Crippen LogP contribution in [0.2, 0.25) is 5.02 Å². The third kappa shape index (κ3) is 2.92. The minimum atomic E-state index is -0.000659. The number of hydrogen-bond donors (Lipinski definition) is 1. The van der Waals surface area contributed by atoms with Crippen molar-refractivity contribution in [1.29, 1.82) is 0 Å². The molecule has 1 aromatic carbocycles. The van der Waals surface area contributed by atoms with Gasteiger partial charge in [0.2, 0.25) is 0 Å². The van der Waals surface area contributed by atoms with E-state index in [-0.39, 0.29) is 5.60 Å². The molecule has 4 heteroatoms. The number of fused-ring (bicyclic) bond motifs is 1. The Morgan fingerprint density at radius 2 is 2.00 bits per heavy atom. The standard InChI is InChI=1S/C17H25ClN2O/c1-3-20(4-2)15-12-17(7-9-19-10-8-17)21-16-6-5-13(18)11-14(15)16/h5-6,11,15,19H,3-4,7-10,12H2,1-2H3. The van der Waals surface area contributed by atoms with E-state index in [1.165, 1.54) is 5.56 Å². The summed E-state index contributed by atoms with van der Waals surface area (Å²) in [6.07, 6.45) is 3.25. The van der Waals surface area contributed by atoms with Gasteiger partial charge in [-0.05, 0) is 57.2 Å². The predicted molar refractivity (Wildman–Crippen MR) is 87.2 cm³/mol. The smallest absolute Gasteiger partial charge is 0.125 e. The van der Waals surface area contributed by atoms with Gasteiger partial charge in [0.05, 0.1) is 0 Å². The third-order valence-corrected chi connectivity index (χ3v) is 5.23. The molecule has 1 fully saturated rings. The Morgan fingerprint density at radius 1 is 1.29 bits per heavy atom. The van der Waals surface area contributed by atoms with Crippen molar-refractivity contribution in [3.8, 4) is 5.75 Å². The summed E-state index contributed by atoms with van der Waals surface area (Å²) in [7, 11) is 0. The van der Waals surface area contributed by atoms with Crippen molar-refractivity contribution in [3.63, 3.8) is 0 Å². The Labute approximate surface area is 132 Å². The van der Waals surface area contributed by atoms with Crippen molar-refractivity contribution in [2.45, 2.75) is 44.8 Å². The van der Waals surface area contributed by atoms with Gasteiger partial charge >= 0.3 is 0 Å². The highest BCUT2D eigenvalue weighted by Crippen LogP contribution is 2.46. The average molecular weight is 309 g/mol. The maximum atomic E-state index is 6.46. The highest BCUT2D eigenvalue weighted by molar-refractivity contribution is 6.30. The van der Waals surface area contributed by atoms with Crippen LogP contribution in [0, 0.1) is 0 Å². The molecule has 1 aromatic rings. The number of benzene rings is 1. The number of nitrogens with one attached hydrogen (secondary N) is 1. The van der Waals surface area contributed by atoms with Crippen molar-refractivity contribution in [2.24, 2.45) is 0 Å². The largest absolute Gasteiger partial charge is 0.487 e. The Bertz CT molecular complexity index is 496. The van der Waals surface area contributed by atoms with Gasteiger partial charge in [-0.15, -0.1) is 0 Å². The van der Waals surface area contributed by atoms with E-state index in [1.54, 1.807) is 0 Å². The summed E-state index contributed by atoms with van der Waals surface area (Å²) in [6.45, 7) is 8.68. The van der Waals surface area contributed by atoms with Crippen molar-refractivity contribution in [1.82, 2.24) is 10.2 Å². The molecule has 0 aliphatic carbocycles. The van der Waals surface area contributed by atoms with Crippen molar-refractivity contribution in [3.05, 3.63) is 28.8 Å². The molecule has 2 heterocycles. The highest BCUT2D eigenvalue weighted by Gasteiger charge is 2.43. The van der Waals surface area contributed by atoms with Crippen molar-refractivity contribution in [2.75, 3.05) is 26.2 Å². The molecule has 21 heavy (non-hydrogen) atoms. The molecule has 1 saturated heterocycles. The lowest BCUT2D eigenvalue weighted by Gasteiger charge is -2.47. The molecule has 1 N–H and O–H groups in total. The summed E-state index contributed by atoms with van der Waals surface area (Å²) >= 11 is 6.23. The van der Waals surface area contributed by atoms with Crippen LogP contribution >= 0.6 is 11.6 Å². The summed E-state index contributed by atoms with van der Waals surface area (Å²) in [5.41, 5.74) is 1.26. The van der Waals surface area contributed by atoms with Gasteiger partial charge in [0.25, 0.3) is 0 Å². The molecule has 3 nitrogen and oxygen atoms in total. The highest BCUT2D eigenvalue weighted by atomic mass is 35.5. The molecule has 1 spiro atoms. The van der Waals surface area contributed by atoms with Gasteiger partial charge in [0.1, 0.15) is 11.4 Å². The minimum absolute atomic E-state index is 0.000659. The zero-order chi connectivity index (χ0) is 14.9. The van der Waals surface area contributed by atoms with Crippen LogP contribution in [0.3, 0.4) is 0 Å². The summed E-state index contributed by atoms with van der Waals surface area (Å²) in [5.74, 6) is 1.03. The van der Waals surface area contributed by atoms with Crippen molar-refractivity contribution >= 4 is 11.6 Å². The number of ether oxygens (including phenoxy) is 1. The lowest BCUT2D eigenvalue weighted by Crippen LogP contribution is -2.51. The Hall–Kier alpha value is -0.770. The molecule has 2 aliphatic heterocycles. The molecule has 1 atom stereocenters. The fraction of sp³-hybridized carbons (Fsp3) is 0.647. The van der Waals surface area contributed by atoms with Gasteiger partial charge in [0.15, 0.2) is 0 Å². The molecule has 0 radical (unpaired) electrons. The first kappa shape index (κ1) is 15.1. The van der Waals surface area contributed by atoms with E-state index in [0.717, 1.165) is 56.2 Å². The first-order valence-corrected chi connectivity index (χ1v) is 8.48. The van der Waals surface area contributed by atoms with Crippen LogP contribution in [-0.2, 0) is 0 Å². The maximum Gasteiger partial charge on any atom is 0.125 e. The quantitative estimate of drug-likeness (QED) is 0.923. The van der Waals surface area contributed by atoms with E-state index >= 15 is 0 Å². The first-order chi connectivity index (χ1) is 10.2. The van der Waals surface area contributed by atoms with Crippen LogP contribution < -0.4 is 10.1 Å². The number of hydrogen-bond acceptors (Lipinski definition) is 3. The molecule has 0 saturated carbocycles. The average Bonchev–Trinajstić information content (AvgIpc) is 2.50. The van der Waals surface area contributed by atoms with Crippen LogP contribution in [-0.4, -0.2) is 36.7 Å². The van der Waals surface area contributed by atoms with E-state index in [9.17, 15) is 0 Å². The molecular weight excluding hydrogens is 284 g/mol. The second-order valence-electron chi connectivity index (χ2n) is 6.16. The van der Waals surface area contributed by atoms with E-state index in [2.05, 4.69) is 36.2 Å². The van der Waals surface area contributed by atoms with Crippen LogP contribution in [0.1, 0.15) is 44.7 Å². The van der Waals surface area contributed by atoms with Gasteiger partial charge in [-0.25, -0.2) is 0 Å². The maximum absolute atomic E-state index is 6.46. The second kappa shape index (κ2) is 6.15. The van der Waals surface area contributed by atoms with Crippen LogP contribution in [0.25, 0.3) is 0 Å². The Morgan fingerprint density at radius 3 is 2.67 bits per heavy atom. The van der Waals surface area contributed by atoms with Gasteiger partial charge < -0.3 is 10.1 Å². The normalized spacial score (nSPS) is 23.9. The SMILES string of the molecule is CCN(CC)C1CC2(CCNCC2)Oc2ccc(Cl)cc21. The van der Waals surface area contributed by atoms with Crippen LogP contribution in [0.5, 0.6) is 5.75 Å². The van der Waals surface area contributed by atoms with E-state index in [4.69, 9.17) is 16.3 Å². The summed E-state index contributed by atoms with van der Waals surface area (Å²) in [4.78, 5) is 2.53. The molecule has 0 amide bonds. The molecule has 116 valence electrons. The lowest BCUT2D eigenvalue weighted by atomic mass is 9.80. The fourth-order valence-corrected chi connectivity index (χ4v) is 3.97. The van der Waals surface area contributed by atoms with Gasteiger partial charge in [-0.2, -0.15) is 0 Å². The number of halogens is 1. The minimum Gasteiger partial charge on any atom is -0.487 e. The van der Waals surface area contributed by atoms with Gasteiger partial charge in [0, 0.05) is 23.0 Å². The summed E-state index contributed by atoms with van der Waals surface area (Å²) in [6, 6.07) is 6.51. The topological polar surface area (TPSA) is 24.5 Å². The molecule has 0 bridgehead atoms. The van der Waals surface area contributed by atoms with Crippen LogP contribution in [0.4, 0.5) is 0 Å². The van der Waals surface area contributed by atoms with E-state index in [1.807, 2.05) is 6.07 Å². The molecule has 3 rings (SSSR count). The Kier molecular flexibility index (Phi) is 4.43. The van der Waals surface area contributed by atoms with E-state index < -0.39 is 0 Å². The van der Waals surface area contributed by atoms with Crippen LogP contribution in [0.15, 0.2) is 18.2 Å². The summed E-state index contributed by atoms with van der Waals surface area (Å²) in [5, 5.41) is 4.25. The summed E-state index contributed by atoms with van der Waals surface area (Å²) < 4.78 is 6.46. The monoisotopic (exact) mass is 308 g/mol. The second-order valence-corrected chi connectivity index (χ2v) is 6.59. The Balaban J connectivity index is 1.99. The number of rotatable bonds is 3. The number of nitrogens with zero attached hydrogens (tertiary/aromatic N) is 1. The zero-order valence-electron chi connectivity index (χ0n) is 13.0. The lowest BCUT2D eigenvalue weighted by molar-refractivity contribution is -0.0182. The molecular formula is C17H25ClN2O. The first-order valence-electron chi connectivity index (χ1n) is 8.10. The fourth-order valence-electron chi connectivity index (χ4n) is 3.79. The van der Waals surface area contributed by atoms with Gasteiger partial charge in [-0.1, -0.05) is 25.4 Å². The molecule has 2 aliphatic rings. The van der Waals surface area contributed by atoms with Gasteiger partial charge in [-0.3, -0.25) is 4.90 Å². The molecule has 1 unspecified atom stereocenters. The molecule has 0 aromatic heterocycles.